The fourth-order valence-corrected chi connectivity index (χ4v) is 4.02. The van der Waals surface area contributed by atoms with Crippen LogP contribution in [0, 0.1) is 11.8 Å². The molecule has 5 rings (SSSR count). The number of carbonyl (C=O) groups excluding carboxylic acids is 1. The summed E-state index contributed by atoms with van der Waals surface area (Å²) in [5.74, 6) is 7.54. The average Bonchev–Trinajstić information content (AvgIpc) is 3.53. The number of hydrogen-bond acceptors (Lipinski definition) is 7. The van der Waals surface area contributed by atoms with Gasteiger partial charge in [-0.1, -0.05) is 17.0 Å². The van der Waals surface area contributed by atoms with Crippen molar-refractivity contribution in [3.05, 3.63) is 89.4 Å². The summed E-state index contributed by atoms with van der Waals surface area (Å²) in [5.41, 5.74) is 9.49. The van der Waals surface area contributed by atoms with E-state index >= 15 is 0 Å². The molecule has 1 aromatic carbocycles. The van der Waals surface area contributed by atoms with Crippen LogP contribution in [0.5, 0.6) is 0 Å². The van der Waals surface area contributed by atoms with Gasteiger partial charge < -0.3 is 30.1 Å². The van der Waals surface area contributed by atoms with Gasteiger partial charge >= 0.3 is 6.03 Å². The summed E-state index contributed by atoms with van der Waals surface area (Å²) in [7, 11) is 0. The lowest BCUT2D eigenvalue weighted by atomic mass is 10.1. The number of aromatic nitrogens is 4. The van der Waals surface area contributed by atoms with Crippen molar-refractivity contribution in [1.29, 1.82) is 0 Å². The molecule has 37 heavy (non-hydrogen) atoms. The highest BCUT2D eigenvalue weighted by Crippen LogP contribution is 2.22. The molecule has 1 saturated heterocycles. The van der Waals surface area contributed by atoms with Gasteiger partial charge in [0.05, 0.1) is 12.2 Å². The first-order chi connectivity index (χ1) is 17.9. The molecule has 0 aliphatic carbocycles. The summed E-state index contributed by atoms with van der Waals surface area (Å²) in [4.78, 5) is 21.3. The first-order valence-corrected chi connectivity index (χ1v) is 11.9. The number of pyridine rings is 1. The quantitative estimate of drug-likeness (QED) is 0.333. The van der Waals surface area contributed by atoms with Crippen molar-refractivity contribution in [3.63, 3.8) is 0 Å². The molecule has 0 radical (unpaired) electrons. The number of primary amides is 1. The third kappa shape index (κ3) is 5.86. The number of rotatable bonds is 7. The number of nitrogens with zero attached hydrogens (tertiary/aromatic N) is 5. The number of likely N-dealkylation sites (tertiary alicyclic amines) is 1. The molecule has 0 bridgehead atoms. The summed E-state index contributed by atoms with van der Waals surface area (Å²) in [6, 6.07) is 13.4. The summed E-state index contributed by atoms with van der Waals surface area (Å²) in [6.45, 7) is 4.03. The van der Waals surface area contributed by atoms with Gasteiger partial charge in [-0.05, 0) is 43.3 Å². The molecule has 4 heterocycles. The van der Waals surface area contributed by atoms with Crippen LogP contribution in [0.1, 0.15) is 41.4 Å². The maximum Gasteiger partial charge on any atom is 0.314 e. The summed E-state index contributed by atoms with van der Waals surface area (Å²) >= 11 is 0. The molecule has 0 spiro atoms. The largest absolute Gasteiger partial charge is 0.385 e. The van der Waals surface area contributed by atoms with E-state index in [2.05, 4.69) is 32.3 Å². The molecule has 1 fully saturated rings. The molecule has 1 atom stereocenters. The lowest BCUT2D eigenvalue weighted by molar-refractivity contribution is 0.145. The Kier molecular flexibility index (Phi) is 6.98. The van der Waals surface area contributed by atoms with Gasteiger partial charge in [0.25, 0.3) is 0 Å². The Bertz CT molecular complexity index is 1420. The Balaban J connectivity index is 1.15. The van der Waals surface area contributed by atoms with Gasteiger partial charge in [0, 0.05) is 67.0 Å². The molecule has 10 heteroatoms. The maximum absolute atomic E-state index is 11.0. The van der Waals surface area contributed by atoms with Crippen LogP contribution in [-0.4, -0.2) is 54.9 Å². The summed E-state index contributed by atoms with van der Waals surface area (Å²) in [6.07, 6.45) is 4.56. The Morgan fingerprint density at radius 3 is 2.62 bits per heavy atom. The lowest BCUT2D eigenvalue weighted by Crippen LogP contribution is -2.60. The zero-order valence-corrected chi connectivity index (χ0v) is 20.3. The van der Waals surface area contributed by atoms with E-state index in [1.165, 1.54) is 0 Å². The van der Waals surface area contributed by atoms with E-state index in [9.17, 15) is 9.90 Å². The van der Waals surface area contributed by atoms with E-state index < -0.39 is 6.10 Å². The summed E-state index contributed by atoms with van der Waals surface area (Å²) < 4.78 is 7.37. The number of urea groups is 1. The second kappa shape index (κ2) is 10.7. The van der Waals surface area contributed by atoms with Gasteiger partial charge in [-0.15, -0.1) is 0 Å². The SMILES string of the molecule is C[C@H](O)c1nccn1Cc1cc(-c2ccc(C#Cc3ccc(CNC4CN(C(N)=O)C4)nc3)cc2)on1. The number of nitrogens with one attached hydrogen (secondary N) is 1. The van der Waals surface area contributed by atoms with Gasteiger partial charge in [-0.2, -0.15) is 0 Å². The standard InChI is InChI=1S/C27H27N7O3/c1-18(35)26-29-10-11-33(26)15-23-12-25(37-32-23)21-7-4-19(5-8-21)2-3-20-6-9-22(30-13-20)14-31-24-16-34(17-24)27(28)36/h4-13,18,24,31,35H,14-17H2,1H3,(H2,28,36)/t18-/m0/s1. The Labute approximate surface area is 214 Å². The molecule has 10 nitrogen and oxygen atoms in total. The van der Waals surface area contributed by atoms with E-state index in [1.807, 2.05) is 47.0 Å². The minimum Gasteiger partial charge on any atom is -0.385 e. The van der Waals surface area contributed by atoms with Gasteiger partial charge in [-0.3, -0.25) is 4.98 Å². The number of carbonyl (C=O) groups is 1. The topological polar surface area (TPSA) is 135 Å². The Hall–Kier alpha value is -4.46. The van der Waals surface area contributed by atoms with Gasteiger partial charge in [-0.25, -0.2) is 9.78 Å². The fraction of sp³-hybridized carbons (Fsp3) is 0.259. The van der Waals surface area contributed by atoms with Crippen molar-refractivity contribution < 1.29 is 14.4 Å². The van der Waals surface area contributed by atoms with Crippen LogP contribution >= 0.6 is 0 Å². The van der Waals surface area contributed by atoms with E-state index in [4.69, 9.17) is 10.3 Å². The molecule has 1 aliphatic rings. The number of hydrogen-bond donors (Lipinski definition) is 3. The average molecular weight is 498 g/mol. The molecule has 4 aromatic rings. The normalized spacial score (nSPS) is 14.1. The number of aliphatic hydroxyl groups is 1. The third-order valence-electron chi connectivity index (χ3n) is 6.12. The van der Waals surface area contributed by atoms with Crippen molar-refractivity contribution in [2.75, 3.05) is 13.1 Å². The monoisotopic (exact) mass is 497 g/mol. The van der Waals surface area contributed by atoms with E-state index in [1.54, 1.807) is 30.4 Å². The second-order valence-corrected chi connectivity index (χ2v) is 8.96. The minimum atomic E-state index is -0.657. The fourth-order valence-electron chi connectivity index (χ4n) is 4.02. The first-order valence-electron chi connectivity index (χ1n) is 11.9. The highest BCUT2D eigenvalue weighted by molar-refractivity contribution is 5.73. The number of benzene rings is 1. The van der Waals surface area contributed by atoms with Crippen LogP contribution in [0.25, 0.3) is 11.3 Å². The lowest BCUT2D eigenvalue weighted by Gasteiger charge is -2.38. The van der Waals surface area contributed by atoms with Crippen LogP contribution in [0.15, 0.2) is 65.6 Å². The second-order valence-electron chi connectivity index (χ2n) is 8.96. The van der Waals surface area contributed by atoms with E-state index in [-0.39, 0.29) is 12.1 Å². The van der Waals surface area contributed by atoms with E-state index in [0.29, 0.717) is 37.8 Å². The first kappa shape index (κ1) is 24.2. The van der Waals surface area contributed by atoms with E-state index in [0.717, 1.165) is 28.1 Å². The zero-order valence-electron chi connectivity index (χ0n) is 20.3. The molecule has 3 aromatic heterocycles. The molecular weight excluding hydrogens is 470 g/mol. The zero-order chi connectivity index (χ0) is 25.8. The minimum absolute atomic E-state index is 0.250. The van der Waals surface area contributed by atoms with Crippen molar-refractivity contribution in [2.45, 2.75) is 32.2 Å². The van der Waals surface area contributed by atoms with Crippen molar-refractivity contribution in [3.8, 4) is 23.2 Å². The van der Waals surface area contributed by atoms with Gasteiger partial charge in [0.2, 0.25) is 0 Å². The third-order valence-corrected chi connectivity index (χ3v) is 6.12. The molecule has 0 unspecified atom stereocenters. The Morgan fingerprint density at radius 1 is 1.16 bits per heavy atom. The molecule has 2 amide bonds. The van der Waals surface area contributed by atoms with Crippen LogP contribution in [-0.2, 0) is 13.1 Å². The number of amides is 2. The molecule has 4 N–H and O–H groups in total. The number of imidazole rings is 1. The van der Waals surface area contributed by atoms with Crippen LogP contribution < -0.4 is 11.1 Å². The predicted molar refractivity (Wildman–Crippen MR) is 136 cm³/mol. The molecular formula is C27H27N7O3. The maximum atomic E-state index is 11.0. The van der Waals surface area contributed by atoms with Crippen LogP contribution in [0.2, 0.25) is 0 Å². The highest BCUT2D eigenvalue weighted by Gasteiger charge is 2.28. The molecule has 0 saturated carbocycles. The molecule has 188 valence electrons. The van der Waals surface area contributed by atoms with Crippen molar-refractivity contribution in [1.82, 2.24) is 29.9 Å². The number of nitrogens with two attached hydrogens (primary N) is 1. The predicted octanol–water partition coefficient (Wildman–Crippen LogP) is 2.29. The highest BCUT2D eigenvalue weighted by atomic mass is 16.5. The van der Waals surface area contributed by atoms with Crippen molar-refractivity contribution >= 4 is 6.03 Å². The van der Waals surface area contributed by atoms with Crippen LogP contribution in [0.3, 0.4) is 0 Å². The van der Waals surface area contributed by atoms with Crippen LogP contribution in [0.4, 0.5) is 4.79 Å². The number of aliphatic hydroxyl groups excluding tert-OH is 1. The molecule has 1 aliphatic heterocycles. The van der Waals surface area contributed by atoms with Gasteiger partial charge in [0.1, 0.15) is 17.6 Å². The smallest absolute Gasteiger partial charge is 0.314 e. The van der Waals surface area contributed by atoms with Crippen molar-refractivity contribution in [2.24, 2.45) is 5.73 Å². The van der Waals surface area contributed by atoms with Gasteiger partial charge in [0.15, 0.2) is 5.76 Å². The summed E-state index contributed by atoms with van der Waals surface area (Å²) in [5, 5.41) is 17.3. The Morgan fingerprint density at radius 2 is 1.92 bits per heavy atom.